The monoisotopic (exact) mass is 631 g/mol. The first kappa shape index (κ1) is 30.2. The second kappa shape index (κ2) is 10.1. The number of halogens is 5. The van der Waals surface area contributed by atoms with Crippen LogP contribution >= 0.6 is 0 Å². The molecule has 1 aliphatic carbocycles. The molecule has 0 spiro atoms. The smallest absolute Gasteiger partial charge is 0.424 e. The van der Waals surface area contributed by atoms with E-state index < -0.39 is 52.9 Å². The normalized spacial score (nSPS) is 19.8. The van der Waals surface area contributed by atoms with Crippen LogP contribution in [0, 0.1) is 5.82 Å². The molecule has 15 heteroatoms. The van der Waals surface area contributed by atoms with Gasteiger partial charge in [0, 0.05) is 41.1 Å². The van der Waals surface area contributed by atoms with Crippen molar-refractivity contribution in [1.82, 2.24) is 20.1 Å². The Labute approximate surface area is 251 Å². The molecule has 10 nitrogen and oxygen atoms in total. The molecule has 1 aliphatic heterocycles. The quantitative estimate of drug-likeness (QED) is 0.250. The third kappa shape index (κ3) is 4.90. The van der Waals surface area contributed by atoms with E-state index in [0.29, 0.717) is 5.39 Å². The summed E-state index contributed by atoms with van der Waals surface area (Å²) in [6.07, 6.45) is -3.50. The number of nitrogens with one attached hydrogen (secondary N) is 1. The Morgan fingerprint density at radius 1 is 1.18 bits per heavy atom. The Balaban J connectivity index is 1.39. The van der Waals surface area contributed by atoms with E-state index in [1.165, 1.54) is 44.5 Å². The van der Waals surface area contributed by atoms with Crippen LogP contribution in [0.4, 0.5) is 22.0 Å². The fourth-order valence-corrected chi connectivity index (χ4v) is 5.18. The van der Waals surface area contributed by atoms with Gasteiger partial charge in [-0.05, 0) is 49.4 Å². The zero-order valence-corrected chi connectivity index (χ0v) is 23.8. The summed E-state index contributed by atoms with van der Waals surface area (Å²) in [7, 11) is 1.29. The van der Waals surface area contributed by atoms with Crippen molar-refractivity contribution in [3.8, 4) is 22.8 Å². The fourth-order valence-electron chi connectivity index (χ4n) is 5.18. The van der Waals surface area contributed by atoms with Gasteiger partial charge in [-0.15, -0.1) is 0 Å². The van der Waals surface area contributed by atoms with E-state index in [9.17, 15) is 36.6 Å². The second-order valence-electron chi connectivity index (χ2n) is 11.4. The number of nitrogens with zero attached hydrogens (tertiary/aromatic N) is 3. The Morgan fingerprint density at radius 3 is 2.47 bits per heavy atom. The Hall–Kier alpha value is -4.79. The number of benzene rings is 2. The lowest BCUT2D eigenvalue weighted by atomic mass is 9.81. The van der Waals surface area contributed by atoms with E-state index in [-0.39, 0.29) is 58.8 Å². The van der Waals surface area contributed by atoms with Crippen molar-refractivity contribution in [3.63, 3.8) is 0 Å². The van der Waals surface area contributed by atoms with Gasteiger partial charge in [-0.2, -0.15) is 18.3 Å². The number of carbonyl (C=O) groups is 2. The summed E-state index contributed by atoms with van der Waals surface area (Å²) < 4.78 is 84.4. The van der Waals surface area contributed by atoms with Crippen LogP contribution in [0.15, 0.2) is 48.7 Å². The number of alkyl halides is 4. The molecule has 4 N–H and O–H groups in total. The molecule has 1 unspecified atom stereocenters. The summed E-state index contributed by atoms with van der Waals surface area (Å²) in [5.74, 6) is -4.16. The van der Waals surface area contributed by atoms with Gasteiger partial charge in [0.15, 0.2) is 0 Å². The van der Waals surface area contributed by atoms with Crippen LogP contribution in [0.1, 0.15) is 41.4 Å². The number of methoxy groups -OCH3 is 1. The number of fused-ring (bicyclic) bond motifs is 2. The Bertz CT molecular complexity index is 1860. The van der Waals surface area contributed by atoms with E-state index in [1.807, 2.05) is 0 Å². The number of pyridine rings is 1. The summed E-state index contributed by atoms with van der Waals surface area (Å²) in [5.41, 5.74) is -0.763. The number of nitrogens with two attached hydrogens (primary N) is 1. The molecule has 4 aromatic rings. The van der Waals surface area contributed by atoms with Gasteiger partial charge in [0.25, 0.3) is 5.91 Å². The van der Waals surface area contributed by atoms with Crippen molar-refractivity contribution < 1.29 is 46.1 Å². The molecule has 45 heavy (non-hydrogen) atoms. The lowest BCUT2D eigenvalue weighted by Gasteiger charge is -2.31. The van der Waals surface area contributed by atoms with Crippen LogP contribution in [-0.4, -0.2) is 58.1 Å². The number of ether oxygens (including phenoxy) is 2. The van der Waals surface area contributed by atoms with E-state index in [0.717, 1.165) is 22.9 Å². The summed E-state index contributed by atoms with van der Waals surface area (Å²) >= 11 is 0. The minimum atomic E-state index is -5.40. The molecule has 2 aromatic carbocycles. The van der Waals surface area contributed by atoms with E-state index in [1.54, 1.807) is 0 Å². The number of aliphatic hydroxyl groups is 1. The van der Waals surface area contributed by atoms with Gasteiger partial charge in [-0.3, -0.25) is 9.59 Å². The molecule has 2 atom stereocenters. The zero-order chi connectivity index (χ0) is 32.5. The van der Waals surface area contributed by atoms with Crippen LogP contribution in [0.3, 0.4) is 0 Å². The molecule has 6 rings (SSSR count). The number of aromatic nitrogens is 3. The van der Waals surface area contributed by atoms with Gasteiger partial charge in [0.1, 0.15) is 40.5 Å². The maximum absolute atomic E-state index is 14.7. The highest BCUT2D eigenvalue weighted by atomic mass is 19.4. The van der Waals surface area contributed by atoms with Crippen molar-refractivity contribution >= 4 is 22.7 Å². The summed E-state index contributed by atoms with van der Waals surface area (Å²) in [5, 5.41) is 17.9. The molecular weight excluding hydrogens is 605 g/mol. The molecule has 0 bridgehead atoms. The van der Waals surface area contributed by atoms with Gasteiger partial charge in [0.05, 0.1) is 19.3 Å². The van der Waals surface area contributed by atoms with Gasteiger partial charge < -0.3 is 25.6 Å². The highest BCUT2D eigenvalue weighted by Gasteiger charge is 2.58. The molecule has 1 saturated carbocycles. The number of carbonyl (C=O) groups excluding carboxylic acids is 2. The molecule has 236 valence electrons. The first-order valence-electron chi connectivity index (χ1n) is 13.7. The van der Waals surface area contributed by atoms with Crippen LogP contribution in [0.2, 0.25) is 0 Å². The highest BCUT2D eigenvalue weighted by molar-refractivity contribution is 6.00. The number of rotatable bonds is 8. The standard InChI is InChI=1S/C30H26F5N5O5/c1-27(26(36)42)14-45-24-19(27)11-21(38-23(24)15-3-5-18(31)6-4-15)29(43,30(33,34)35)13-37-25(41)16-9-17-12-40(28(32)7-8-28)39-22(17)20(10-16)44-2/h3-6,9-12,43H,7-8,13-14H2,1-2H3,(H2,36,42)(H,37,41)/t27-,29?/m0/s1. The molecule has 2 amide bonds. The van der Waals surface area contributed by atoms with Crippen LogP contribution < -0.4 is 20.5 Å². The lowest BCUT2D eigenvalue weighted by Crippen LogP contribution is -2.51. The third-order valence-corrected chi connectivity index (χ3v) is 8.26. The topological polar surface area (TPSA) is 142 Å². The first-order valence-corrected chi connectivity index (χ1v) is 13.7. The molecule has 0 saturated heterocycles. The average molecular weight is 632 g/mol. The molecule has 0 radical (unpaired) electrons. The van der Waals surface area contributed by atoms with E-state index in [2.05, 4.69) is 15.4 Å². The summed E-state index contributed by atoms with van der Waals surface area (Å²) in [4.78, 5) is 29.7. The van der Waals surface area contributed by atoms with E-state index >= 15 is 0 Å². The minimum absolute atomic E-state index is 0.0533. The predicted molar refractivity (Wildman–Crippen MR) is 149 cm³/mol. The minimum Gasteiger partial charge on any atom is -0.494 e. The van der Waals surface area contributed by atoms with Crippen molar-refractivity contribution in [3.05, 3.63) is 71.3 Å². The van der Waals surface area contributed by atoms with Gasteiger partial charge in [-0.25, -0.2) is 18.4 Å². The highest BCUT2D eigenvalue weighted by Crippen LogP contribution is 2.48. The largest absolute Gasteiger partial charge is 0.494 e. The van der Waals surface area contributed by atoms with Crippen LogP contribution in [0.25, 0.3) is 22.2 Å². The van der Waals surface area contributed by atoms with Crippen molar-refractivity contribution in [2.45, 2.75) is 42.8 Å². The molecule has 1 fully saturated rings. The Kier molecular flexibility index (Phi) is 6.80. The zero-order valence-electron chi connectivity index (χ0n) is 23.8. The number of amides is 2. The molecule has 3 heterocycles. The second-order valence-corrected chi connectivity index (χ2v) is 11.4. The fraction of sp³-hybridized carbons (Fsp3) is 0.333. The number of hydrogen-bond acceptors (Lipinski definition) is 7. The van der Waals surface area contributed by atoms with E-state index in [4.69, 9.17) is 15.2 Å². The molecule has 2 aliphatic rings. The maximum atomic E-state index is 14.7. The third-order valence-electron chi connectivity index (χ3n) is 8.26. The van der Waals surface area contributed by atoms with Crippen molar-refractivity contribution in [1.29, 1.82) is 0 Å². The van der Waals surface area contributed by atoms with Crippen LogP contribution in [0.5, 0.6) is 11.5 Å². The predicted octanol–water partition coefficient (Wildman–Crippen LogP) is 3.98. The number of primary amides is 1. The SMILES string of the molecule is COc1cc(C(=O)NCC(O)(c2cc3c(c(-c4ccc(F)cc4)n2)OC[C@]3(C)C(N)=O)C(F)(F)F)cc2cn(C3(F)CC3)nc12. The van der Waals surface area contributed by atoms with Gasteiger partial charge in [0.2, 0.25) is 17.3 Å². The lowest BCUT2D eigenvalue weighted by molar-refractivity contribution is -0.265. The van der Waals surface area contributed by atoms with Crippen molar-refractivity contribution in [2.24, 2.45) is 5.73 Å². The van der Waals surface area contributed by atoms with Crippen molar-refractivity contribution in [2.75, 3.05) is 20.3 Å². The average Bonchev–Trinajstić information content (AvgIpc) is 3.43. The summed E-state index contributed by atoms with van der Waals surface area (Å²) in [6, 6.07) is 8.02. The Morgan fingerprint density at radius 2 is 1.87 bits per heavy atom. The summed E-state index contributed by atoms with van der Waals surface area (Å²) in [6.45, 7) is -0.346. The van der Waals surface area contributed by atoms with Gasteiger partial charge >= 0.3 is 6.18 Å². The molecule has 2 aromatic heterocycles. The molecular formula is C30H26F5N5O5. The van der Waals surface area contributed by atoms with Crippen LogP contribution in [-0.2, 0) is 21.6 Å². The maximum Gasteiger partial charge on any atom is 0.424 e. The number of hydrogen-bond donors (Lipinski definition) is 3. The van der Waals surface area contributed by atoms with Gasteiger partial charge in [-0.1, -0.05) is 0 Å². The first-order chi connectivity index (χ1) is 21.1.